The van der Waals surface area contributed by atoms with Gasteiger partial charge in [-0.3, -0.25) is 9.78 Å². The zero-order valence-corrected chi connectivity index (χ0v) is 19.5. The second-order valence-corrected chi connectivity index (χ2v) is 9.33. The minimum atomic E-state index is -4.16. The van der Waals surface area contributed by atoms with E-state index in [0.29, 0.717) is 5.69 Å². The third kappa shape index (κ3) is 5.17. The summed E-state index contributed by atoms with van der Waals surface area (Å²) in [6, 6.07) is 7.05. The molecule has 0 fully saturated rings. The third-order valence-corrected chi connectivity index (χ3v) is 6.69. The van der Waals surface area contributed by atoms with Gasteiger partial charge in [0.15, 0.2) is 23.1 Å². The lowest BCUT2D eigenvalue weighted by Crippen LogP contribution is -2.43. The van der Waals surface area contributed by atoms with Crippen molar-refractivity contribution >= 4 is 21.6 Å². The summed E-state index contributed by atoms with van der Waals surface area (Å²) in [6.45, 7) is -0.331. The van der Waals surface area contributed by atoms with E-state index in [4.69, 9.17) is 14.2 Å². The van der Waals surface area contributed by atoms with Crippen molar-refractivity contribution in [3.8, 4) is 5.75 Å². The predicted octanol–water partition coefficient (Wildman–Crippen LogP) is 2.35. The standard InChI is InChI=1S/C22H22F2N4O6S/c1-28-10-18-21(19(28)22(29)26-13-6-7-14(23)15(24)9-13)33-11-17(27-35(18,30)31)20(34-12-32-2)16-5-3-4-8-25-16/h3-10,17,20,27H,11-12H2,1-2H3,(H,26,29). The van der Waals surface area contributed by atoms with Crippen LogP contribution < -0.4 is 14.8 Å². The first kappa shape index (κ1) is 24.7. The van der Waals surface area contributed by atoms with E-state index < -0.39 is 39.7 Å². The van der Waals surface area contributed by atoms with E-state index >= 15 is 0 Å². The van der Waals surface area contributed by atoms with E-state index in [9.17, 15) is 22.0 Å². The number of carbonyl (C=O) groups is 1. The SMILES string of the molecule is COCOC(c1ccccn1)C1COc2c(cn(C)c2C(=O)Nc2ccc(F)c(F)c2)S(=O)(=O)N1. The van der Waals surface area contributed by atoms with Gasteiger partial charge in [-0.25, -0.2) is 21.9 Å². The minimum Gasteiger partial charge on any atom is -0.488 e. The minimum absolute atomic E-state index is 0.0143. The maximum Gasteiger partial charge on any atom is 0.276 e. The monoisotopic (exact) mass is 508 g/mol. The van der Waals surface area contributed by atoms with Crippen LogP contribution in [0.15, 0.2) is 53.7 Å². The van der Waals surface area contributed by atoms with Crippen LogP contribution in [0.1, 0.15) is 22.3 Å². The highest BCUT2D eigenvalue weighted by Gasteiger charge is 2.38. The predicted molar refractivity (Wildman–Crippen MR) is 119 cm³/mol. The van der Waals surface area contributed by atoms with Gasteiger partial charge in [-0.1, -0.05) is 6.07 Å². The van der Waals surface area contributed by atoms with Gasteiger partial charge in [-0.05, 0) is 24.3 Å². The third-order valence-electron chi connectivity index (χ3n) is 5.21. The number of ether oxygens (including phenoxy) is 3. The molecule has 186 valence electrons. The summed E-state index contributed by atoms with van der Waals surface area (Å²) < 4.78 is 73.5. The molecule has 0 spiro atoms. The lowest BCUT2D eigenvalue weighted by Gasteiger charge is -2.25. The van der Waals surface area contributed by atoms with Crippen molar-refractivity contribution in [1.29, 1.82) is 0 Å². The Morgan fingerprint density at radius 2 is 2.11 bits per heavy atom. The summed E-state index contributed by atoms with van der Waals surface area (Å²) in [5.74, 6) is -3.17. The van der Waals surface area contributed by atoms with Gasteiger partial charge in [0, 0.05) is 38.3 Å². The van der Waals surface area contributed by atoms with Crippen LogP contribution in [-0.4, -0.2) is 50.4 Å². The number of halogens is 2. The van der Waals surface area contributed by atoms with Gasteiger partial charge in [0.2, 0.25) is 10.0 Å². The maximum absolute atomic E-state index is 13.6. The van der Waals surface area contributed by atoms with Gasteiger partial charge in [-0.15, -0.1) is 0 Å². The molecule has 13 heteroatoms. The summed E-state index contributed by atoms with van der Waals surface area (Å²) in [6.07, 6.45) is 1.91. The van der Waals surface area contributed by atoms with E-state index in [2.05, 4.69) is 15.0 Å². The number of methoxy groups -OCH3 is 1. The Kier molecular flexibility index (Phi) is 7.12. The highest BCUT2D eigenvalue weighted by Crippen LogP contribution is 2.35. The van der Waals surface area contributed by atoms with Crippen LogP contribution in [0.2, 0.25) is 0 Å². The fraction of sp³-hybridized carbons (Fsp3) is 0.273. The number of hydrogen-bond acceptors (Lipinski definition) is 7. The molecule has 2 N–H and O–H groups in total. The lowest BCUT2D eigenvalue weighted by molar-refractivity contribution is -0.0880. The molecule has 0 saturated heterocycles. The van der Waals surface area contributed by atoms with Crippen LogP contribution in [0.5, 0.6) is 5.75 Å². The van der Waals surface area contributed by atoms with Crippen molar-refractivity contribution < 1.29 is 36.2 Å². The quantitative estimate of drug-likeness (QED) is 0.470. The number of pyridine rings is 1. The van der Waals surface area contributed by atoms with E-state index in [1.807, 2.05) is 0 Å². The molecule has 35 heavy (non-hydrogen) atoms. The molecule has 2 atom stereocenters. The molecule has 1 aliphatic heterocycles. The number of fused-ring (bicyclic) bond motifs is 1. The lowest BCUT2D eigenvalue weighted by atomic mass is 10.1. The number of rotatable bonds is 7. The molecule has 4 rings (SSSR count). The van der Waals surface area contributed by atoms with Crippen LogP contribution in [0.4, 0.5) is 14.5 Å². The maximum atomic E-state index is 13.6. The van der Waals surface area contributed by atoms with E-state index in [1.54, 1.807) is 24.4 Å². The first-order chi connectivity index (χ1) is 16.7. The Balaban J connectivity index is 1.65. The zero-order chi connectivity index (χ0) is 25.2. The number of aryl methyl sites for hydroxylation is 1. The smallest absolute Gasteiger partial charge is 0.276 e. The van der Waals surface area contributed by atoms with E-state index in [-0.39, 0.29) is 35.4 Å². The van der Waals surface area contributed by atoms with Gasteiger partial charge in [0.05, 0.1) is 11.7 Å². The van der Waals surface area contributed by atoms with Crippen molar-refractivity contribution in [2.75, 3.05) is 25.8 Å². The van der Waals surface area contributed by atoms with Crippen LogP contribution in [0, 0.1) is 11.6 Å². The molecule has 2 aromatic heterocycles. The van der Waals surface area contributed by atoms with Crippen LogP contribution in [-0.2, 0) is 26.5 Å². The van der Waals surface area contributed by atoms with Crippen molar-refractivity contribution in [2.45, 2.75) is 17.0 Å². The molecular weight excluding hydrogens is 486 g/mol. The number of sulfonamides is 1. The second kappa shape index (κ2) is 10.1. The average molecular weight is 509 g/mol. The highest BCUT2D eigenvalue weighted by molar-refractivity contribution is 7.89. The highest BCUT2D eigenvalue weighted by atomic mass is 32.2. The Hall–Kier alpha value is -3.39. The number of amides is 1. The number of anilines is 1. The second-order valence-electron chi connectivity index (χ2n) is 7.65. The molecule has 10 nitrogen and oxygen atoms in total. The fourth-order valence-electron chi connectivity index (χ4n) is 3.65. The summed E-state index contributed by atoms with van der Waals surface area (Å²) in [7, 11) is -1.27. The molecule has 1 aliphatic rings. The number of aromatic nitrogens is 2. The van der Waals surface area contributed by atoms with E-state index in [1.165, 1.54) is 31.0 Å². The van der Waals surface area contributed by atoms with Crippen molar-refractivity contribution in [3.05, 3.63) is 71.8 Å². The molecule has 0 saturated carbocycles. The fourth-order valence-corrected chi connectivity index (χ4v) is 5.06. The summed E-state index contributed by atoms with van der Waals surface area (Å²) >= 11 is 0. The largest absolute Gasteiger partial charge is 0.488 e. The Bertz CT molecular complexity index is 1330. The number of nitrogens with one attached hydrogen (secondary N) is 2. The molecule has 0 bridgehead atoms. The average Bonchev–Trinajstić information content (AvgIpc) is 3.11. The number of benzene rings is 1. The van der Waals surface area contributed by atoms with Crippen LogP contribution in [0.3, 0.4) is 0 Å². The summed E-state index contributed by atoms with van der Waals surface area (Å²) in [4.78, 5) is 17.0. The van der Waals surface area contributed by atoms with Gasteiger partial charge < -0.3 is 24.1 Å². The number of hydrogen-bond donors (Lipinski definition) is 2. The molecule has 3 heterocycles. The number of nitrogens with zero attached hydrogens (tertiary/aromatic N) is 2. The topological polar surface area (TPSA) is 121 Å². The first-order valence-electron chi connectivity index (χ1n) is 10.3. The number of carbonyl (C=O) groups excluding carboxylic acids is 1. The van der Waals surface area contributed by atoms with Crippen LogP contribution >= 0.6 is 0 Å². The van der Waals surface area contributed by atoms with E-state index in [0.717, 1.165) is 12.1 Å². The molecule has 0 aliphatic carbocycles. The molecular formula is C22H22F2N4O6S. The Labute approximate surface area is 199 Å². The zero-order valence-electron chi connectivity index (χ0n) is 18.7. The molecule has 1 aromatic carbocycles. The van der Waals surface area contributed by atoms with Crippen molar-refractivity contribution in [1.82, 2.24) is 14.3 Å². The molecule has 0 radical (unpaired) electrons. The Morgan fingerprint density at radius 1 is 1.31 bits per heavy atom. The normalized spacial score (nSPS) is 17.7. The molecule has 2 unspecified atom stereocenters. The van der Waals surface area contributed by atoms with Gasteiger partial charge in [0.25, 0.3) is 5.91 Å². The Morgan fingerprint density at radius 3 is 2.80 bits per heavy atom. The van der Waals surface area contributed by atoms with Gasteiger partial charge in [-0.2, -0.15) is 0 Å². The van der Waals surface area contributed by atoms with Crippen molar-refractivity contribution in [3.63, 3.8) is 0 Å². The molecule has 3 aromatic rings. The van der Waals surface area contributed by atoms with Crippen LogP contribution in [0.25, 0.3) is 0 Å². The van der Waals surface area contributed by atoms with Gasteiger partial charge in [0.1, 0.15) is 24.4 Å². The van der Waals surface area contributed by atoms with Gasteiger partial charge >= 0.3 is 0 Å². The summed E-state index contributed by atoms with van der Waals surface area (Å²) in [5.41, 5.74) is 0.312. The van der Waals surface area contributed by atoms with Crippen molar-refractivity contribution in [2.24, 2.45) is 7.05 Å². The molecule has 1 amide bonds. The first-order valence-corrected chi connectivity index (χ1v) is 11.8. The summed E-state index contributed by atoms with van der Waals surface area (Å²) in [5, 5.41) is 2.43.